The lowest BCUT2D eigenvalue weighted by Crippen LogP contribution is -2.03. The number of hydrogen-bond acceptors (Lipinski definition) is 6. The number of phenolic OH excluding ortho intramolecular Hbond substituents is 1. The fraction of sp³-hybridized carbons (Fsp3) is 0.211. The molecule has 0 saturated heterocycles. The van der Waals surface area contributed by atoms with Crippen LogP contribution in [-0.2, 0) is 27.4 Å². The zero-order chi connectivity index (χ0) is 18.8. The van der Waals surface area contributed by atoms with E-state index in [2.05, 4.69) is 4.84 Å². The molecule has 0 fully saturated rings. The normalized spacial score (nSPS) is 10.6. The van der Waals surface area contributed by atoms with Gasteiger partial charge in [-0.3, -0.25) is 0 Å². The van der Waals surface area contributed by atoms with Crippen LogP contribution in [0.3, 0.4) is 0 Å². The first kappa shape index (κ1) is 19.0. The summed E-state index contributed by atoms with van der Waals surface area (Å²) in [6.45, 7) is 0.225. The Hall–Kier alpha value is -3.35. The lowest BCUT2D eigenvalue weighted by molar-refractivity contribution is -0.757. The van der Waals surface area contributed by atoms with Crippen LogP contribution >= 0.6 is 0 Å². The minimum atomic E-state index is -0.798. The minimum absolute atomic E-state index is 0.0692. The Morgan fingerprint density at radius 3 is 2.38 bits per heavy atom. The van der Waals surface area contributed by atoms with Gasteiger partial charge in [-0.05, 0) is 47.7 Å². The van der Waals surface area contributed by atoms with Gasteiger partial charge in [0.1, 0.15) is 12.4 Å². The van der Waals surface area contributed by atoms with Gasteiger partial charge in [0.05, 0.1) is 6.61 Å². The fourth-order valence-electron chi connectivity index (χ4n) is 2.17. The number of nitrogens with zero attached hydrogens (tertiary/aromatic N) is 1. The van der Waals surface area contributed by atoms with Crippen molar-refractivity contribution in [2.75, 3.05) is 6.61 Å². The third-order valence-electron chi connectivity index (χ3n) is 3.52. The van der Waals surface area contributed by atoms with E-state index in [1.165, 1.54) is 18.2 Å². The number of aromatic hydroxyl groups is 1. The standard InChI is InChI=1S/C19H19NO6/c21-18-10-7-16(8-11-18)9-12-19(22)25-14-17-5-3-15(4-6-17)2-1-13-26-20(23)24/h3-12,21H,1-2,13-14H2/b12-9+. The summed E-state index contributed by atoms with van der Waals surface area (Å²) in [5.74, 6) is -0.294. The molecule has 0 bridgehead atoms. The van der Waals surface area contributed by atoms with E-state index in [1.807, 2.05) is 24.3 Å². The summed E-state index contributed by atoms with van der Waals surface area (Å²) in [6.07, 6.45) is 4.16. The number of ether oxygens (including phenoxy) is 1. The lowest BCUT2D eigenvalue weighted by Gasteiger charge is -2.05. The van der Waals surface area contributed by atoms with Crippen LogP contribution in [0.1, 0.15) is 23.1 Å². The van der Waals surface area contributed by atoms with Crippen molar-refractivity contribution in [3.8, 4) is 5.75 Å². The average molecular weight is 357 g/mol. The number of hydrogen-bond donors (Lipinski definition) is 1. The van der Waals surface area contributed by atoms with E-state index < -0.39 is 11.1 Å². The van der Waals surface area contributed by atoms with Gasteiger partial charge in [-0.25, -0.2) is 4.79 Å². The fourth-order valence-corrected chi connectivity index (χ4v) is 2.17. The van der Waals surface area contributed by atoms with E-state index in [-0.39, 0.29) is 19.0 Å². The van der Waals surface area contributed by atoms with Gasteiger partial charge in [-0.1, -0.05) is 36.4 Å². The molecule has 1 N–H and O–H groups in total. The van der Waals surface area contributed by atoms with Crippen LogP contribution in [-0.4, -0.2) is 22.8 Å². The number of aryl methyl sites for hydroxylation is 1. The maximum atomic E-state index is 11.7. The van der Waals surface area contributed by atoms with Crippen LogP contribution in [0, 0.1) is 10.1 Å². The quantitative estimate of drug-likeness (QED) is 0.243. The first-order valence-corrected chi connectivity index (χ1v) is 8.02. The molecule has 0 atom stereocenters. The van der Waals surface area contributed by atoms with Crippen molar-refractivity contribution in [2.24, 2.45) is 0 Å². The second kappa shape index (κ2) is 9.83. The molecule has 2 rings (SSSR count). The molecule has 2 aromatic carbocycles. The maximum absolute atomic E-state index is 11.7. The predicted molar refractivity (Wildman–Crippen MR) is 94.6 cm³/mol. The highest BCUT2D eigenvalue weighted by Gasteiger charge is 2.01. The van der Waals surface area contributed by atoms with Crippen molar-refractivity contribution in [3.05, 3.63) is 81.4 Å². The van der Waals surface area contributed by atoms with E-state index in [1.54, 1.807) is 18.2 Å². The predicted octanol–water partition coefficient (Wildman–Crippen LogP) is 3.29. The van der Waals surface area contributed by atoms with Gasteiger partial charge in [0.15, 0.2) is 0 Å². The van der Waals surface area contributed by atoms with Gasteiger partial charge in [-0.2, -0.15) is 0 Å². The highest BCUT2D eigenvalue weighted by Crippen LogP contribution is 2.11. The molecule has 7 heteroatoms. The molecule has 0 aliphatic rings. The highest BCUT2D eigenvalue weighted by molar-refractivity contribution is 5.87. The van der Waals surface area contributed by atoms with Crippen molar-refractivity contribution in [1.29, 1.82) is 0 Å². The Labute approximate surface area is 150 Å². The Balaban J connectivity index is 1.73. The molecule has 0 aliphatic carbocycles. The van der Waals surface area contributed by atoms with Crippen LogP contribution < -0.4 is 0 Å². The molecule has 0 aromatic heterocycles. The second-order valence-corrected chi connectivity index (χ2v) is 5.51. The van der Waals surface area contributed by atoms with Crippen LogP contribution in [0.2, 0.25) is 0 Å². The zero-order valence-corrected chi connectivity index (χ0v) is 14.0. The lowest BCUT2D eigenvalue weighted by atomic mass is 10.1. The number of phenols is 1. The van der Waals surface area contributed by atoms with Crippen LogP contribution in [0.15, 0.2) is 54.6 Å². The van der Waals surface area contributed by atoms with Gasteiger partial charge in [0.2, 0.25) is 0 Å². The summed E-state index contributed by atoms with van der Waals surface area (Å²) in [4.78, 5) is 26.0. The molecule has 7 nitrogen and oxygen atoms in total. The second-order valence-electron chi connectivity index (χ2n) is 5.51. The van der Waals surface area contributed by atoms with Crippen molar-refractivity contribution < 1.29 is 24.6 Å². The summed E-state index contributed by atoms with van der Waals surface area (Å²) in [5, 5.41) is 18.4. The topological polar surface area (TPSA) is 98.9 Å². The van der Waals surface area contributed by atoms with Gasteiger partial charge >= 0.3 is 5.97 Å². The van der Waals surface area contributed by atoms with Gasteiger partial charge in [-0.15, -0.1) is 10.1 Å². The molecule has 0 aliphatic heterocycles. The van der Waals surface area contributed by atoms with Gasteiger partial charge < -0.3 is 14.7 Å². The van der Waals surface area contributed by atoms with Crippen molar-refractivity contribution >= 4 is 12.0 Å². The monoisotopic (exact) mass is 357 g/mol. The first-order valence-electron chi connectivity index (χ1n) is 8.02. The summed E-state index contributed by atoms with van der Waals surface area (Å²) in [7, 11) is 0. The van der Waals surface area contributed by atoms with E-state index in [0.29, 0.717) is 12.8 Å². The summed E-state index contributed by atoms with van der Waals surface area (Å²) in [5.41, 5.74) is 2.66. The van der Waals surface area contributed by atoms with Gasteiger partial charge in [0.25, 0.3) is 5.09 Å². The SMILES string of the molecule is O=C(/C=C/c1ccc(O)cc1)OCc1ccc(CCCO[N+](=O)[O-])cc1. The molecule has 0 unspecified atom stereocenters. The molecular formula is C19H19NO6. The molecule has 26 heavy (non-hydrogen) atoms. The van der Waals surface area contributed by atoms with Crippen molar-refractivity contribution in [2.45, 2.75) is 19.4 Å². The van der Waals surface area contributed by atoms with Crippen LogP contribution in [0.4, 0.5) is 0 Å². The van der Waals surface area contributed by atoms with E-state index >= 15 is 0 Å². The number of esters is 1. The van der Waals surface area contributed by atoms with Gasteiger partial charge in [0, 0.05) is 6.08 Å². The molecule has 0 amide bonds. The molecule has 0 spiro atoms. The molecule has 2 aromatic rings. The van der Waals surface area contributed by atoms with Crippen LogP contribution in [0.25, 0.3) is 6.08 Å². The number of carbonyl (C=O) groups excluding carboxylic acids is 1. The van der Waals surface area contributed by atoms with E-state index in [0.717, 1.165) is 16.7 Å². The molecular weight excluding hydrogens is 338 g/mol. The highest BCUT2D eigenvalue weighted by atomic mass is 16.9. The van der Waals surface area contributed by atoms with E-state index in [9.17, 15) is 20.0 Å². The number of rotatable bonds is 9. The smallest absolute Gasteiger partial charge is 0.331 e. The zero-order valence-electron chi connectivity index (χ0n) is 14.0. The number of benzene rings is 2. The average Bonchev–Trinajstić information content (AvgIpc) is 2.64. The summed E-state index contributed by atoms with van der Waals surface area (Å²) >= 11 is 0. The molecule has 0 radical (unpaired) electrons. The third-order valence-corrected chi connectivity index (χ3v) is 3.52. The Morgan fingerprint density at radius 2 is 1.73 bits per heavy atom. The molecule has 136 valence electrons. The van der Waals surface area contributed by atoms with Crippen molar-refractivity contribution in [1.82, 2.24) is 0 Å². The summed E-state index contributed by atoms with van der Waals surface area (Å²) < 4.78 is 5.17. The minimum Gasteiger partial charge on any atom is -0.508 e. The number of carbonyl (C=O) groups is 1. The molecule has 0 saturated carbocycles. The maximum Gasteiger partial charge on any atom is 0.331 e. The summed E-state index contributed by atoms with van der Waals surface area (Å²) in [6, 6.07) is 13.9. The largest absolute Gasteiger partial charge is 0.508 e. The molecule has 0 heterocycles. The Kier molecular flexibility index (Phi) is 7.17. The Bertz CT molecular complexity index is 753. The third kappa shape index (κ3) is 7.04. The first-order chi connectivity index (χ1) is 12.5. The van der Waals surface area contributed by atoms with E-state index in [4.69, 9.17) is 4.74 Å². The van der Waals surface area contributed by atoms with Crippen LogP contribution in [0.5, 0.6) is 5.75 Å². The van der Waals surface area contributed by atoms with Crippen molar-refractivity contribution in [3.63, 3.8) is 0 Å². The Morgan fingerprint density at radius 1 is 1.08 bits per heavy atom.